The Morgan fingerprint density at radius 2 is 2.14 bits per heavy atom. The molecule has 0 N–H and O–H groups in total. The second kappa shape index (κ2) is 7.84. The van der Waals surface area contributed by atoms with Crippen molar-refractivity contribution < 1.29 is 0 Å². The largest absolute Gasteiger partial charge is 0.333 e. The van der Waals surface area contributed by atoms with Gasteiger partial charge in [0.2, 0.25) is 5.95 Å². The molecule has 150 valence electrons. The van der Waals surface area contributed by atoms with Crippen LogP contribution in [0, 0.1) is 12.8 Å². The summed E-state index contributed by atoms with van der Waals surface area (Å²) in [6.07, 6.45) is 5.83. The summed E-state index contributed by atoms with van der Waals surface area (Å²) in [5, 5.41) is 10.7. The fourth-order valence-corrected chi connectivity index (χ4v) is 4.88. The fourth-order valence-electron chi connectivity index (χ4n) is 3.81. The maximum Gasteiger partial charge on any atom is 0.231 e. The Bertz CT molecular complexity index is 1020. The van der Waals surface area contributed by atoms with Crippen LogP contribution >= 0.6 is 39.3 Å². The quantitative estimate of drug-likeness (QED) is 0.486. The van der Waals surface area contributed by atoms with E-state index in [0.29, 0.717) is 5.92 Å². The molecule has 0 amide bonds. The number of fused-ring (bicyclic) bond motifs is 1. The summed E-state index contributed by atoms with van der Waals surface area (Å²) in [6, 6.07) is 0.129. The van der Waals surface area contributed by atoms with Gasteiger partial charge in [0.05, 0.1) is 22.4 Å². The highest BCUT2D eigenvalue weighted by Crippen LogP contribution is 2.40. The zero-order valence-electron chi connectivity index (χ0n) is 16.4. The van der Waals surface area contributed by atoms with E-state index in [1.54, 1.807) is 6.20 Å². The first-order chi connectivity index (χ1) is 13.4. The lowest BCUT2D eigenvalue weighted by Gasteiger charge is -2.26. The van der Waals surface area contributed by atoms with Crippen molar-refractivity contribution in [3.8, 4) is 0 Å². The van der Waals surface area contributed by atoms with E-state index in [-0.39, 0.29) is 6.04 Å². The summed E-state index contributed by atoms with van der Waals surface area (Å²) in [5.41, 5.74) is 2.86. The average Bonchev–Trinajstić information content (AvgIpc) is 3.33. The van der Waals surface area contributed by atoms with Crippen LogP contribution in [0.3, 0.4) is 0 Å². The zero-order valence-corrected chi connectivity index (χ0v) is 19.5. The lowest BCUT2D eigenvalue weighted by atomic mass is 10.1. The lowest BCUT2D eigenvalue weighted by Crippen LogP contribution is -2.27. The molecule has 0 bridgehead atoms. The van der Waals surface area contributed by atoms with E-state index in [1.165, 1.54) is 11.8 Å². The third-order valence-electron chi connectivity index (χ3n) is 4.96. The van der Waals surface area contributed by atoms with Crippen LogP contribution in [0.5, 0.6) is 0 Å². The number of aryl methyl sites for hydroxylation is 1. The molecule has 0 saturated carbocycles. The van der Waals surface area contributed by atoms with Crippen LogP contribution in [0.2, 0.25) is 5.15 Å². The first kappa shape index (κ1) is 20.0. The topological polar surface area (TPSA) is 64.1 Å². The SMILES string of the molecule is CSc1nc(N2CCCC2c2c(C)nn(CC(C)C)c2Cl)n2ncc(Br)c2n1. The van der Waals surface area contributed by atoms with Gasteiger partial charge < -0.3 is 4.90 Å². The highest BCUT2D eigenvalue weighted by molar-refractivity contribution is 9.10. The fraction of sp³-hybridized carbons (Fsp3) is 0.556. The minimum atomic E-state index is 0.129. The van der Waals surface area contributed by atoms with E-state index in [0.717, 1.165) is 63.6 Å². The van der Waals surface area contributed by atoms with Gasteiger partial charge in [-0.05, 0) is 47.9 Å². The van der Waals surface area contributed by atoms with Crippen LogP contribution in [0.15, 0.2) is 15.8 Å². The number of rotatable bonds is 5. The molecule has 10 heteroatoms. The van der Waals surface area contributed by atoms with Crippen molar-refractivity contribution in [2.24, 2.45) is 5.92 Å². The molecule has 0 radical (unpaired) electrons. The molecule has 3 aromatic rings. The van der Waals surface area contributed by atoms with Crippen molar-refractivity contribution in [3.05, 3.63) is 27.1 Å². The number of halogens is 2. The molecule has 1 saturated heterocycles. The third-order valence-corrected chi connectivity index (χ3v) is 6.47. The van der Waals surface area contributed by atoms with Gasteiger partial charge in [-0.1, -0.05) is 37.2 Å². The van der Waals surface area contributed by atoms with Crippen LogP contribution < -0.4 is 4.90 Å². The maximum absolute atomic E-state index is 6.79. The number of anilines is 1. The molecule has 7 nitrogen and oxygen atoms in total. The van der Waals surface area contributed by atoms with Crippen LogP contribution in [0.1, 0.15) is 44.0 Å². The highest BCUT2D eigenvalue weighted by Gasteiger charge is 2.34. The number of thioether (sulfide) groups is 1. The molecule has 0 aliphatic carbocycles. The zero-order chi connectivity index (χ0) is 20.0. The molecule has 28 heavy (non-hydrogen) atoms. The van der Waals surface area contributed by atoms with Gasteiger partial charge in [0, 0.05) is 18.7 Å². The summed E-state index contributed by atoms with van der Waals surface area (Å²) in [5.74, 6) is 1.28. The molecular weight excluding hydrogens is 462 g/mol. The monoisotopic (exact) mass is 483 g/mol. The van der Waals surface area contributed by atoms with Crippen molar-refractivity contribution in [1.29, 1.82) is 0 Å². The van der Waals surface area contributed by atoms with E-state index < -0.39 is 0 Å². The van der Waals surface area contributed by atoms with Gasteiger partial charge in [0.1, 0.15) is 5.15 Å². The van der Waals surface area contributed by atoms with Gasteiger partial charge in [-0.2, -0.15) is 19.7 Å². The number of nitrogens with zero attached hydrogens (tertiary/aromatic N) is 7. The van der Waals surface area contributed by atoms with E-state index >= 15 is 0 Å². The van der Waals surface area contributed by atoms with Crippen molar-refractivity contribution in [2.75, 3.05) is 17.7 Å². The molecular formula is C18H23BrClN7S. The lowest BCUT2D eigenvalue weighted by molar-refractivity contribution is 0.481. The van der Waals surface area contributed by atoms with Gasteiger partial charge in [-0.3, -0.25) is 4.68 Å². The molecule has 0 aromatic carbocycles. The second-order valence-corrected chi connectivity index (χ2v) is 9.44. The Morgan fingerprint density at radius 3 is 2.86 bits per heavy atom. The molecule has 1 aliphatic rings. The van der Waals surface area contributed by atoms with Crippen LogP contribution in [-0.4, -0.2) is 42.2 Å². The van der Waals surface area contributed by atoms with E-state index in [1.807, 2.05) is 22.4 Å². The predicted molar refractivity (Wildman–Crippen MR) is 116 cm³/mol. The molecule has 1 fully saturated rings. The Morgan fingerprint density at radius 1 is 1.36 bits per heavy atom. The number of hydrogen-bond donors (Lipinski definition) is 0. The Labute approximate surface area is 182 Å². The summed E-state index contributed by atoms with van der Waals surface area (Å²) >= 11 is 11.9. The average molecular weight is 485 g/mol. The highest BCUT2D eigenvalue weighted by atomic mass is 79.9. The Hall–Kier alpha value is -1.32. The normalized spacial score (nSPS) is 17.4. The Balaban J connectivity index is 1.80. The first-order valence-electron chi connectivity index (χ1n) is 9.35. The molecule has 1 atom stereocenters. The smallest absolute Gasteiger partial charge is 0.231 e. The van der Waals surface area contributed by atoms with E-state index in [9.17, 15) is 0 Å². The van der Waals surface area contributed by atoms with Crippen LogP contribution in [-0.2, 0) is 6.54 Å². The van der Waals surface area contributed by atoms with Crippen molar-refractivity contribution in [2.45, 2.75) is 51.4 Å². The molecule has 4 heterocycles. The standard InChI is InChI=1S/C18H23BrClN7S/c1-10(2)9-26-15(20)14(11(3)24-26)13-6-5-7-25(13)18-23-17(28-4)22-16-12(19)8-21-27(16)18/h8,10,13H,5-7,9H2,1-4H3. The van der Waals surface area contributed by atoms with E-state index in [2.05, 4.69) is 44.8 Å². The van der Waals surface area contributed by atoms with Crippen molar-refractivity contribution in [3.63, 3.8) is 0 Å². The first-order valence-corrected chi connectivity index (χ1v) is 11.7. The van der Waals surface area contributed by atoms with Gasteiger partial charge >= 0.3 is 0 Å². The van der Waals surface area contributed by atoms with Gasteiger partial charge in [-0.25, -0.2) is 4.98 Å². The summed E-state index contributed by atoms with van der Waals surface area (Å²) in [7, 11) is 0. The molecule has 3 aromatic heterocycles. The minimum Gasteiger partial charge on any atom is -0.333 e. The van der Waals surface area contributed by atoms with Crippen molar-refractivity contribution in [1.82, 2.24) is 29.4 Å². The molecule has 1 aliphatic heterocycles. The summed E-state index contributed by atoms with van der Waals surface area (Å²) in [6.45, 7) is 8.10. The maximum atomic E-state index is 6.79. The number of aromatic nitrogens is 6. The summed E-state index contributed by atoms with van der Waals surface area (Å²) in [4.78, 5) is 11.7. The number of hydrogen-bond acceptors (Lipinski definition) is 6. The van der Waals surface area contributed by atoms with Crippen LogP contribution in [0.25, 0.3) is 5.65 Å². The van der Waals surface area contributed by atoms with Gasteiger partial charge in [0.15, 0.2) is 10.8 Å². The Kier molecular flexibility index (Phi) is 5.59. The molecule has 4 rings (SSSR count). The molecule has 0 spiro atoms. The minimum absolute atomic E-state index is 0.129. The summed E-state index contributed by atoms with van der Waals surface area (Å²) < 4.78 is 4.60. The third kappa shape index (κ3) is 3.41. The predicted octanol–water partition coefficient (Wildman–Crippen LogP) is 4.76. The van der Waals surface area contributed by atoms with Crippen molar-refractivity contribution >= 4 is 50.9 Å². The van der Waals surface area contributed by atoms with Gasteiger partial charge in [0.25, 0.3) is 0 Å². The second-order valence-electron chi connectivity index (χ2n) is 7.46. The van der Waals surface area contributed by atoms with Gasteiger partial charge in [-0.15, -0.1) is 0 Å². The molecule has 1 unspecified atom stereocenters. The van der Waals surface area contributed by atoms with E-state index in [4.69, 9.17) is 21.7 Å². The van der Waals surface area contributed by atoms with Crippen LogP contribution in [0.4, 0.5) is 5.95 Å².